The maximum Gasteiger partial charge on any atom is 0.277 e. The molecule has 8 heteroatoms. The monoisotopic (exact) mass is 322 g/mol. The van der Waals surface area contributed by atoms with Crippen LogP contribution < -0.4 is 5.32 Å². The molecule has 0 aliphatic rings. The van der Waals surface area contributed by atoms with Crippen molar-refractivity contribution in [3.63, 3.8) is 0 Å². The molecule has 0 aromatic carbocycles. The zero-order chi connectivity index (χ0) is 16.1. The first-order chi connectivity index (χ1) is 10.4. The number of nitrogens with one attached hydrogen (secondary N) is 2. The van der Waals surface area contributed by atoms with E-state index in [1.165, 1.54) is 11.3 Å². The summed E-state index contributed by atoms with van der Waals surface area (Å²) in [7, 11) is 4.02. The summed E-state index contributed by atoms with van der Waals surface area (Å²) in [5.41, 5.74) is 1.34. The largest absolute Gasteiger partial charge is 0.309 e. The van der Waals surface area contributed by atoms with Crippen LogP contribution in [0.4, 0.5) is 5.13 Å². The molecule has 2 aromatic rings. The van der Waals surface area contributed by atoms with E-state index in [0.717, 1.165) is 30.1 Å². The number of anilines is 1. The lowest BCUT2D eigenvalue weighted by Crippen LogP contribution is -2.14. The lowest BCUT2D eigenvalue weighted by Gasteiger charge is -2.05. The SMILES string of the molecule is CC(C)Cc1cc(C(=O)Nc2nnc(CCN(C)C)s2)n[nH]1. The third-order valence-corrected chi connectivity index (χ3v) is 3.85. The van der Waals surface area contributed by atoms with Gasteiger partial charge in [0.1, 0.15) is 5.01 Å². The Morgan fingerprint density at radius 2 is 2.18 bits per heavy atom. The number of carbonyl (C=O) groups is 1. The van der Waals surface area contributed by atoms with Crippen LogP contribution in [-0.4, -0.2) is 51.8 Å². The summed E-state index contributed by atoms with van der Waals surface area (Å²) in [4.78, 5) is 14.2. The van der Waals surface area contributed by atoms with Crippen LogP contribution in [0, 0.1) is 5.92 Å². The fourth-order valence-corrected chi connectivity index (χ4v) is 2.63. The minimum absolute atomic E-state index is 0.262. The second-order valence-electron chi connectivity index (χ2n) is 5.88. The predicted molar refractivity (Wildman–Crippen MR) is 87.2 cm³/mol. The Bertz CT molecular complexity index is 618. The smallest absolute Gasteiger partial charge is 0.277 e. The molecule has 0 atom stereocenters. The van der Waals surface area contributed by atoms with Gasteiger partial charge in [-0.2, -0.15) is 5.10 Å². The standard InChI is InChI=1S/C14H22N6OS/c1-9(2)7-10-8-11(17-16-10)13(21)15-14-19-18-12(22-14)5-6-20(3)4/h8-9H,5-7H2,1-4H3,(H,16,17)(H,15,19,21). The predicted octanol–water partition coefficient (Wildman–Crippen LogP) is 1.82. The summed E-state index contributed by atoms with van der Waals surface area (Å²) in [5.74, 6) is 0.250. The zero-order valence-corrected chi connectivity index (χ0v) is 14.2. The Morgan fingerprint density at radius 3 is 2.86 bits per heavy atom. The number of amides is 1. The average molecular weight is 322 g/mol. The summed E-state index contributed by atoms with van der Waals surface area (Å²) < 4.78 is 0. The van der Waals surface area contributed by atoms with Gasteiger partial charge in [-0.25, -0.2) is 0 Å². The van der Waals surface area contributed by atoms with E-state index in [1.807, 2.05) is 14.1 Å². The van der Waals surface area contributed by atoms with E-state index in [4.69, 9.17) is 0 Å². The second-order valence-corrected chi connectivity index (χ2v) is 6.95. The highest BCUT2D eigenvalue weighted by molar-refractivity contribution is 7.15. The van der Waals surface area contributed by atoms with Gasteiger partial charge in [-0.05, 0) is 32.5 Å². The molecule has 2 rings (SSSR count). The molecular formula is C14H22N6OS. The van der Waals surface area contributed by atoms with Crippen LogP contribution in [0.1, 0.15) is 35.0 Å². The van der Waals surface area contributed by atoms with Crippen molar-refractivity contribution in [3.8, 4) is 0 Å². The molecule has 0 bridgehead atoms. The van der Waals surface area contributed by atoms with Crippen LogP contribution in [0.25, 0.3) is 0 Å². The average Bonchev–Trinajstić information content (AvgIpc) is 3.05. The van der Waals surface area contributed by atoms with Crippen molar-refractivity contribution in [3.05, 3.63) is 22.5 Å². The van der Waals surface area contributed by atoms with Gasteiger partial charge in [0.15, 0.2) is 5.69 Å². The number of carbonyl (C=O) groups excluding carboxylic acids is 1. The third-order valence-electron chi connectivity index (χ3n) is 2.95. The van der Waals surface area contributed by atoms with E-state index in [-0.39, 0.29) is 5.91 Å². The molecule has 0 fully saturated rings. The third kappa shape index (κ3) is 4.88. The Kier molecular flexibility index (Phi) is 5.62. The highest BCUT2D eigenvalue weighted by atomic mass is 32.1. The van der Waals surface area contributed by atoms with E-state index in [1.54, 1.807) is 6.07 Å². The van der Waals surface area contributed by atoms with Crippen LogP contribution in [0.15, 0.2) is 6.07 Å². The van der Waals surface area contributed by atoms with Crippen LogP contribution in [0.5, 0.6) is 0 Å². The number of H-pyrrole nitrogens is 1. The molecular weight excluding hydrogens is 300 g/mol. The van der Waals surface area contributed by atoms with Gasteiger partial charge in [0.2, 0.25) is 5.13 Å². The van der Waals surface area contributed by atoms with Gasteiger partial charge in [0.05, 0.1) is 0 Å². The van der Waals surface area contributed by atoms with Crippen molar-refractivity contribution < 1.29 is 4.79 Å². The van der Waals surface area contributed by atoms with Gasteiger partial charge in [0, 0.05) is 18.7 Å². The van der Waals surface area contributed by atoms with Crippen molar-refractivity contribution >= 4 is 22.4 Å². The van der Waals surface area contributed by atoms with Gasteiger partial charge in [0.25, 0.3) is 5.91 Å². The normalized spacial score (nSPS) is 11.4. The molecule has 0 unspecified atom stereocenters. The van der Waals surface area contributed by atoms with E-state index in [0.29, 0.717) is 16.7 Å². The molecule has 2 heterocycles. The van der Waals surface area contributed by atoms with E-state index in [2.05, 4.69) is 44.5 Å². The second kappa shape index (κ2) is 7.46. The maximum absolute atomic E-state index is 12.1. The molecule has 1 amide bonds. The van der Waals surface area contributed by atoms with Crippen LogP contribution in [0.2, 0.25) is 0 Å². The molecule has 0 radical (unpaired) electrons. The van der Waals surface area contributed by atoms with E-state index < -0.39 is 0 Å². The van der Waals surface area contributed by atoms with Crippen molar-refractivity contribution in [1.29, 1.82) is 0 Å². The summed E-state index contributed by atoms with van der Waals surface area (Å²) in [6, 6.07) is 1.78. The van der Waals surface area contributed by atoms with Crippen molar-refractivity contribution in [1.82, 2.24) is 25.3 Å². The number of aromatic nitrogens is 4. The number of nitrogens with zero attached hydrogens (tertiary/aromatic N) is 4. The molecule has 0 aliphatic heterocycles. The van der Waals surface area contributed by atoms with Crippen LogP contribution in [0.3, 0.4) is 0 Å². The van der Waals surface area contributed by atoms with Gasteiger partial charge >= 0.3 is 0 Å². The fourth-order valence-electron chi connectivity index (χ4n) is 1.91. The number of likely N-dealkylation sites (N-methyl/N-ethyl adjacent to an activating group) is 1. The molecule has 2 N–H and O–H groups in total. The van der Waals surface area contributed by atoms with Crippen LogP contribution in [-0.2, 0) is 12.8 Å². The molecule has 0 saturated heterocycles. The minimum Gasteiger partial charge on any atom is -0.309 e. The first-order valence-electron chi connectivity index (χ1n) is 7.26. The molecule has 0 saturated carbocycles. The minimum atomic E-state index is -0.262. The highest BCUT2D eigenvalue weighted by Gasteiger charge is 2.14. The quantitative estimate of drug-likeness (QED) is 0.812. The van der Waals surface area contributed by atoms with Crippen molar-refractivity contribution in [2.75, 3.05) is 26.0 Å². The number of hydrogen-bond donors (Lipinski definition) is 2. The Morgan fingerprint density at radius 1 is 1.41 bits per heavy atom. The van der Waals surface area contributed by atoms with Crippen molar-refractivity contribution in [2.24, 2.45) is 5.92 Å². The van der Waals surface area contributed by atoms with Crippen molar-refractivity contribution in [2.45, 2.75) is 26.7 Å². The summed E-state index contributed by atoms with van der Waals surface area (Å²) in [5, 5.41) is 19.2. The van der Waals surface area contributed by atoms with E-state index in [9.17, 15) is 4.79 Å². The Balaban J connectivity index is 1.92. The fraction of sp³-hybridized carbons (Fsp3) is 0.571. The first kappa shape index (κ1) is 16.6. The van der Waals surface area contributed by atoms with Gasteiger partial charge in [-0.3, -0.25) is 15.2 Å². The van der Waals surface area contributed by atoms with Gasteiger partial charge in [-0.1, -0.05) is 25.2 Å². The number of hydrogen-bond acceptors (Lipinski definition) is 6. The Labute approximate surface area is 134 Å². The molecule has 0 spiro atoms. The molecule has 22 heavy (non-hydrogen) atoms. The first-order valence-corrected chi connectivity index (χ1v) is 8.08. The lowest BCUT2D eigenvalue weighted by molar-refractivity contribution is 0.102. The summed E-state index contributed by atoms with van der Waals surface area (Å²) in [6.45, 7) is 5.15. The summed E-state index contributed by atoms with van der Waals surface area (Å²) >= 11 is 1.40. The Hall–Kier alpha value is -1.80. The highest BCUT2D eigenvalue weighted by Crippen LogP contribution is 2.17. The molecule has 7 nitrogen and oxygen atoms in total. The van der Waals surface area contributed by atoms with E-state index >= 15 is 0 Å². The number of rotatable bonds is 7. The zero-order valence-electron chi connectivity index (χ0n) is 13.4. The topological polar surface area (TPSA) is 86.8 Å². The van der Waals surface area contributed by atoms with Crippen LogP contribution >= 0.6 is 11.3 Å². The van der Waals surface area contributed by atoms with Gasteiger partial charge < -0.3 is 4.90 Å². The van der Waals surface area contributed by atoms with Gasteiger partial charge in [-0.15, -0.1) is 10.2 Å². The molecule has 2 aromatic heterocycles. The lowest BCUT2D eigenvalue weighted by atomic mass is 10.1. The maximum atomic E-state index is 12.1. The summed E-state index contributed by atoms with van der Waals surface area (Å²) in [6.07, 6.45) is 1.69. The number of aromatic amines is 1. The molecule has 120 valence electrons. The molecule has 0 aliphatic carbocycles.